The topological polar surface area (TPSA) is 119 Å². The van der Waals surface area contributed by atoms with Crippen LogP contribution in [0.1, 0.15) is 41.7 Å². The number of urea groups is 1. The van der Waals surface area contributed by atoms with E-state index in [0.717, 1.165) is 12.8 Å². The molecular formula is C24H29FN6O4. The van der Waals surface area contributed by atoms with Gasteiger partial charge in [0.2, 0.25) is 5.91 Å². The van der Waals surface area contributed by atoms with E-state index in [-0.39, 0.29) is 30.9 Å². The van der Waals surface area contributed by atoms with Gasteiger partial charge >= 0.3 is 6.03 Å². The van der Waals surface area contributed by atoms with Gasteiger partial charge in [-0.05, 0) is 50.8 Å². The van der Waals surface area contributed by atoms with Crippen LogP contribution in [0.4, 0.5) is 20.6 Å². The van der Waals surface area contributed by atoms with Crippen LogP contribution in [-0.2, 0) is 4.79 Å². The number of halogens is 1. The fourth-order valence-corrected chi connectivity index (χ4v) is 4.62. The van der Waals surface area contributed by atoms with Crippen LogP contribution in [0.3, 0.4) is 0 Å². The van der Waals surface area contributed by atoms with Crippen molar-refractivity contribution < 1.29 is 23.9 Å². The fourth-order valence-electron chi connectivity index (χ4n) is 4.62. The Balaban J connectivity index is 1.19. The third-order valence-corrected chi connectivity index (χ3v) is 6.95. The molecule has 35 heavy (non-hydrogen) atoms. The molecule has 0 bridgehead atoms. The molecule has 0 radical (unpaired) electrons. The van der Waals surface area contributed by atoms with Crippen LogP contribution in [-0.4, -0.2) is 69.3 Å². The van der Waals surface area contributed by atoms with Crippen LogP contribution in [0.25, 0.3) is 0 Å². The van der Waals surface area contributed by atoms with Crippen LogP contribution in [0.5, 0.6) is 0 Å². The number of carbonyl (C=O) groups excluding carboxylic acids is 3. The molecule has 1 saturated heterocycles. The minimum absolute atomic E-state index is 0.150. The Morgan fingerprint density at radius 2 is 1.97 bits per heavy atom. The zero-order chi connectivity index (χ0) is 24.7. The minimum atomic E-state index is -1.06. The second kappa shape index (κ2) is 8.88. The normalized spacial score (nSPS) is 19.1. The van der Waals surface area contributed by atoms with Gasteiger partial charge in [0.1, 0.15) is 18.2 Å². The summed E-state index contributed by atoms with van der Waals surface area (Å²) in [5.41, 5.74) is 3.41. The molecule has 0 atom stereocenters. The number of amides is 4. The highest BCUT2D eigenvalue weighted by Crippen LogP contribution is 2.33. The Labute approximate surface area is 202 Å². The van der Waals surface area contributed by atoms with Gasteiger partial charge in [-0.3, -0.25) is 14.3 Å². The van der Waals surface area contributed by atoms with E-state index >= 15 is 0 Å². The number of fused-ring (bicyclic) bond motifs is 1. The van der Waals surface area contributed by atoms with Crippen LogP contribution in [0.2, 0.25) is 0 Å². The molecular weight excluding hydrogens is 455 g/mol. The van der Waals surface area contributed by atoms with Crippen molar-refractivity contribution in [2.24, 2.45) is 5.92 Å². The number of aliphatic hydroxyl groups is 1. The first-order chi connectivity index (χ1) is 16.7. The van der Waals surface area contributed by atoms with Gasteiger partial charge in [0.05, 0.1) is 24.0 Å². The monoisotopic (exact) mass is 484 g/mol. The Morgan fingerprint density at radius 1 is 1.23 bits per heavy atom. The molecule has 0 unspecified atom stereocenters. The number of aromatic nitrogens is 1. The summed E-state index contributed by atoms with van der Waals surface area (Å²) in [5.74, 6) is -0.358. The summed E-state index contributed by atoms with van der Waals surface area (Å²) in [7, 11) is 0. The number of nitrogens with one attached hydrogen (secondary N) is 3. The first-order valence-corrected chi connectivity index (χ1v) is 11.8. The van der Waals surface area contributed by atoms with Crippen molar-refractivity contribution >= 4 is 29.2 Å². The number of β-amino-alcohol motifs (C(OH)–C–C–N with tert-alkyl or cyclic N) is 1. The summed E-state index contributed by atoms with van der Waals surface area (Å²) in [6.07, 6.45) is 4.33. The number of piperidine rings is 1. The molecule has 10 nitrogen and oxygen atoms in total. The zero-order valence-electron chi connectivity index (χ0n) is 19.5. The van der Waals surface area contributed by atoms with E-state index in [1.54, 1.807) is 25.3 Å². The standard InChI is InChI=1S/C24H29FN6O4/c1-15-18(25)3-2-4-19(15)28-23(34)27-17-11-20-22(33)30(14-26-31(20)12-17)13-24(35)7-9-29(10-8-24)21(32)16-5-6-16/h2-4,11-12,16,26,35H,5-10,13-14H2,1H3,(H2,27,28,34). The van der Waals surface area contributed by atoms with Crippen LogP contribution in [0.15, 0.2) is 30.5 Å². The number of anilines is 2. The predicted molar refractivity (Wildman–Crippen MR) is 127 cm³/mol. The van der Waals surface area contributed by atoms with E-state index in [2.05, 4.69) is 16.1 Å². The number of nitrogens with zero attached hydrogens (tertiary/aromatic N) is 3. The van der Waals surface area contributed by atoms with Crippen LogP contribution < -0.4 is 16.1 Å². The van der Waals surface area contributed by atoms with E-state index < -0.39 is 17.4 Å². The van der Waals surface area contributed by atoms with Crippen molar-refractivity contribution in [1.82, 2.24) is 14.5 Å². The zero-order valence-corrected chi connectivity index (χ0v) is 19.5. The second-order valence-electron chi connectivity index (χ2n) is 9.62. The lowest BCUT2D eigenvalue weighted by Crippen LogP contribution is -2.56. The Bertz CT molecular complexity index is 1170. The lowest BCUT2D eigenvalue weighted by molar-refractivity contribution is -0.137. The highest BCUT2D eigenvalue weighted by molar-refractivity contribution is 6.02. The third kappa shape index (κ3) is 4.81. The number of likely N-dealkylation sites (tertiary alicyclic amines) is 1. The molecule has 2 fully saturated rings. The van der Waals surface area contributed by atoms with E-state index in [4.69, 9.17) is 0 Å². The van der Waals surface area contributed by atoms with Crippen LogP contribution >= 0.6 is 0 Å². The summed E-state index contributed by atoms with van der Waals surface area (Å²) in [6.45, 7) is 2.90. The van der Waals surface area contributed by atoms with Crippen molar-refractivity contribution in [2.75, 3.05) is 42.4 Å². The van der Waals surface area contributed by atoms with Gasteiger partial charge in [-0.25, -0.2) is 9.18 Å². The Morgan fingerprint density at radius 3 is 2.69 bits per heavy atom. The van der Waals surface area contributed by atoms with Gasteiger partial charge in [0.25, 0.3) is 5.91 Å². The van der Waals surface area contributed by atoms with Crippen molar-refractivity contribution in [3.05, 3.63) is 47.5 Å². The number of hydrogen-bond acceptors (Lipinski definition) is 5. The second-order valence-corrected chi connectivity index (χ2v) is 9.62. The Kier molecular flexibility index (Phi) is 5.87. The summed E-state index contributed by atoms with van der Waals surface area (Å²) in [6, 6.07) is 5.41. The van der Waals surface area contributed by atoms with Crippen molar-refractivity contribution in [3.8, 4) is 0 Å². The molecule has 0 spiro atoms. The molecule has 5 rings (SSSR count). The predicted octanol–water partition coefficient (Wildman–Crippen LogP) is 2.30. The first kappa shape index (κ1) is 23.2. The molecule has 186 valence electrons. The smallest absolute Gasteiger partial charge is 0.323 e. The lowest BCUT2D eigenvalue weighted by atomic mass is 9.90. The fraction of sp³-hybridized carbons (Fsp3) is 0.458. The number of rotatable bonds is 5. The highest BCUT2D eigenvalue weighted by atomic mass is 19.1. The van der Waals surface area contributed by atoms with Gasteiger partial charge in [-0.15, -0.1) is 0 Å². The third-order valence-electron chi connectivity index (χ3n) is 6.95. The summed E-state index contributed by atoms with van der Waals surface area (Å²) < 4.78 is 15.2. The molecule has 2 aliphatic heterocycles. The van der Waals surface area contributed by atoms with Crippen molar-refractivity contribution in [1.29, 1.82) is 0 Å². The molecule has 3 heterocycles. The molecule has 2 aromatic rings. The molecule has 1 aromatic carbocycles. The van der Waals surface area contributed by atoms with E-state index in [0.29, 0.717) is 48.6 Å². The van der Waals surface area contributed by atoms with E-state index in [9.17, 15) is 23.9 Å². The SMILES string of the molecule is Cc1c(F)cccc1NC(=O)Nc1cc2n(c1)NCN(CC1(O)CCN(C(=O)C3CC3)CC1)C2=O. The summed E-state index contributed by atoms with van der Waals surface area (Å²) in [5, 5.41) is 16.4. The molecule has 1 aromatic heterocycles. The number of benzene rings is 1. The maximum absolute atomic E-state index is 13.7. The Hall–Kier alpha value is -3.60. The van der Waals surface area contributed by atoms with Gasteiger partial charge in [-0.2, -0.15) is 0 Å². The summed E-state index contributed by atoms with van der Waals surface area (Å²) >= 11 is 0. The van der Waals surface area contributed by atoms with Gasteiger partial charge in [0.15, 0.2) is 0 Å². The van der Waals surface area contributed by atoms with E-state index in [1.807, 2.05) is 4.90 Å². The molecule has 1 aliphatic carbocycles. The number of carbonyl (C=O) groups is 3. The summed E-state index contributed by atoms with van der Waals surface area (Å²) in [4.78, 5) is 41.1. The van der Waals surface area contributed by atoms with Crippen LogP contribution in [0, 0.1) is 18.7 Å². The van der Waals surface area contributed by atoms with E-state index in [1.165, 1.54) is 21.7 Å². The highest BCUT2D eigenvalue weighted by Gasteiger charge is 2.41. The van der Waals surface area contributed by atoms with Crippen molar-refractivity contribution in [2.45, 2.75) is 38.2 Å². The first-order valence-electron chi connectivity index (χ1n) is 11.8. The maximum Gasteiger partial charge on any atom is 0.323 e. The van der Waals surface area contributed by atoms with Gasteiger partial charge in [0, 0.05) is 30.3 Å². The van der Waals surface area contributed by atoms with Crippen molar-refractivity contribution in [3.63, 3.8) is 0 Å². The molecule has 1 saturated carbocycles. The van der Waals surface area contributed by atoms with Gasteiger partial charge < -0.3 is 31.0 Å². The average molecular weight is 485 g/mol. The number of hydrogen-bond donors (Lipinski definition) is 4. The minimum Gasteiger partial charge on any atom is -0.388 e. The maximum atomic E-state index is 13.7. The molecule has 11 heteroatoms. The largest absolute Gasteiger partial charge is 0.388 e. The lowest BCUT2D eigenvalue weighted by Gasteiger charge is -2.42. The molecule has 4 N–H and O–H groups in total. The quantitative estimate of drug-likeness (QED) is 0.519. The van der Waals surface area contributed by atoms with Gasteiger partial charge in [-0.1, -0.05) is 6.07 Å². The molecule has 3 aliphatic rings. The average Bonchev–Trinajstić information content (AvgIpc) is 3.59. The molecule has 4 amide bonds.